The second-order valence-electron chi connectivity index (χ2n) is 5.05. The Balaban J connectivity index is 2.36. The molecule has 0 aliphatic heterocycles. The summed E-state index contributed by atoms with van der Waals surface area (Å²) in [5.74, 6) is 0.185. The summed E-state index contributed by atoms with van der Waals surface area (Å²) in [7, 11) is 0.0567. The average molecular weight is 377 g/mol. The molecule has 8 heteroatoms. The summed E-state index contributed by atoms with van der Waals surface area (Å²) in [5.41, 5.74) is 0.581. The van der Waals surface area contributed by atoms with Gasteiger partial charge in [0.2, 0.25) is 9.84 Å². The van der Waals surface area contributed by atoms with Crippen LogP contribution in [0.1, 0.15) is 0 Å². The summed E-state index contributed by atoms with van der Waals surface area (Å²) < 4.78 is 40.3. The second kappa shape index (κ2) is 8.39. The van der Waals surface area contributed by atoms with Crippen LogP contribution in [0.15, 0.2) is 64.5 Å². The van der Waals surface area contributed by atoms with Gasteiger partial charge in [0.1, 0.15) is 11.5 Å². The third kappa shape index (κ3) is 4.34. The first kappa shape index (κ1) is 19.3. The van der Waals surface area contributed by atoms with Crippen molar-refractivity contribution in [2.75, 3.05) is 26.6 Å². The van der Waals surface area contributed by atoms with Gasteiger partial charge in [-0.15, -0.1) is 0 Å². The minimum absolute atomic E-state index is 0.0496. The Hall–Kier alpha value is -3.00. The molecule has 0 bridgehead atoms. The molecule has 0 aliphatic carbocycles. The first-order valence-corrected chi connectivity index (χ1v) is 8.99. The quantitative estimate of drug-likeness (QED) is 0.586. The van der Waals surface area contributed by atoms with Gasteiger partial charge in [-0.3, -0.25) is 0 Å². The van der Waals surface area contributed by atoms with Crippen molar-refractivity contribution in [3.63, 3.8) is 0 Å². The third-order valence-corrected chi connectivity index (χ3v) is 5.26. The molecule has 0 saturated carbocycles. The van der Waals surface area contributed by atoms with Gasteiger partial charge < -0.3 is 19.5 Å². The molecular formula is C18H19NO6S. The molecule has 1 N–H and O–H groups in total. The summed E-state index contributed by atoms with van der Waals surface area (Å²) in [6.45, 7) is 0. The first-order valence-electron chi connectivity index (χ1n) is 7.50. The fraction of sp³-hybridized carbons (Fsp3) is 0.167. The number of hydrogen-bond donors (Lipinski definition) is 1. The molecule has 138 valence electrons. The molecule has 2 rings (SSSR count). The Kier molecular flexibility index (Phi) is 6.24. The Morgan fingerprint density at radius 1 is 0.885 bits per heavy atom. The van der Waals surface area contributed by atoms with Crippen LogP contribution in [0.5, 0.6) is 11.5 Å². The molecule has 0 unspecified atom stereocenters. The average Bonchev–Trinajstić information content (AvgIpc) is 2.68. The molecule has 0 heterocycles. The van der Waals surface area contributed by atoms with Crippen LogP contribution in [0.4, 0.5) is 5.69 Å². The second-order valence-corrected chi connectivity index (χ2v) is 6.97. The van der Waals surface area contributed by atoms with Crippen LogP contribution in [-0.2, 0) is 19.4 Å². The van der Waals surface area contributed by atoms with Crippen molar-refractivity contribution in [3.8, 4) is 11.5 Å². The maximum absolute atomic E-state index is 12.8. The highest BCUT2D eigenvalue weighted by Gasteiger charge is 2.28. The highest BCUT2D eigenvalue weighted by atomic mass is 32.2. The van der Waals surface area contributed by atoms with Gasteiger partial charge >= 0.3 is 5.97 Å². The van der Waals surface area contributed by atoms with Crippen LogP contribution in [0, 0.1) is 0 Å². The first-order chi connectivity index (χ1) is 12.4. The maximum Gasteiger partial charge on any atom is 0.351 e. The molecule has 0 spiro atoms. The molecule has 0 atom stereocenters. The van der Waals surface area contributed by atoms with Crippen LogP contribution in [-0.4, -0.2) is 35.7 Å². The fourth-order valence-electron chi connectivity index (χ4n) is 2.06. The number of carbonyl (C=O) groups is 1. The van der Waals surface area contributed by atoms with E-state index in [1.165, 1.54) is 31.4 Å². The van der Waals surface area contributed by atoms with Gasteiger partial charge in [0, 0.05) is 11.9 Å². The highest BCUT2D eigenvalue weighted by molar-refractivity contribution is 7.96. The van der Waals surface area contributed by atoms with Crippen molar-refractivity contribution in [2.45, 2.75) is 4.90 Å². The predicted molar refractivity (Wildman–Crippen MR) is 96.9 cm³/mol. The topological polar surface area (TPSA) is 90.9 Å². The van der Waals surface area contributed by atoms with Crippen LogP contribution in [0.2, 0.25) is 0 Å². The minimum atomic E-state index is -4.08. The molecule has 2 aromatic carbocycles. The van der Waals surface area contributed by atoms with E-state index in [1.54, 1.807) is 31.4 Å². The Morgan fingerprint density at radius 3 is 1.85 bits per heavy atom. The van der Waals surface area contributed by atoms with Gasteiger partial charge in [-0.25, -0.2) is 13.2 Å². The summed E-state index contributed by atoms with van der Waals surface area (Å²) in [4.78, 5) is 11.5. The van der Waals surface area contributed by atoms with E-state index in [0.29, 0.717) is 17.2 Å². The molecule has 2 aromatic rings. The molecule has 0 saturated heterocycles. The molecule has 26 heavy (non-hydrogen) atoms. The van der Waals surface area contributed by atoms with Crippen molar-refractivity contribution >= 4 is 21.5 Å². The Bertz CT molecular complexity index is 886. The van der Waals surface area contributed by atoms with Gasteiger partial charge in [-0.2, -0.15) is 0 Å². The Labute approximate surface area is 152 Å². The van der Waals surface area contributed by atoms with E-state index in [2.05, 4.69) is 10.1 Å². The normalized spacial score (nSPS) is 11.6. The van der Waals surface area contributed by atoms with Gasteiger partial charge in [0.25, 0.3) is 0 Å². The van der Waals surface area contributed by atoms with Crippen molar-refractivity contribution in [1.29, 1.82) is 0 Å². The number of nitrogens with one attached hydrogen (secondary N) is 1. The molecule has 0 amide bonds. The standard InChI is InChI=1S/C18H19NO6S/c1-23-14-6-4-13(5-7-14)19-12-17(18(20)25-3)26(21,22)16-10-8-15(24-2)9-11-16/h4-12,19H,1-3H3. The van der Waals surface area contributed by atoms with Crippen LogP contribution in [0.25, 0.3) is 0 Å². The lowest BCUT2D eigenvalue weighted by Gasteiger charge is -2.09. The monoisotopic (exact) mass is 377 g/mol. The lowest BCUT2D eigenvalue weighted by atomic mass is 10.3. The molecular weight excluding hydrogens is 358 g/mol. The van der Waals surface area contributed by atoms with E-state index in [-0.39, 0.29) is 4.90 Å². The van der Waals surface area contributed by atoms with Crippen LogP contribution < -0.4 is 14.8 Å². The maximum atomic E-state index is 12.8. The van der Waals surface area contributed by atoms with E-state index in [4.69, 9.17) is 9.47 Å². The number of benzene rings is 2. The van der Waals surface area contributed by atoms with Crippen molar-refractivity contribution in [3.05, 3.63) is 59.6 Å². The summed E-state index contributed by atoms with van der Waals surface area (Å²) >= 11 is 0. The lowest BCUT2D eigenvalue weighted by molar-refractivity contribution is -0.135. The zero-order valence-corrected chi connectivity index (χ0v) is 15.4. The number of rotatable bonds is 7. The highest BCUT2D eigenvalue weighted by Crippen LogP contribution is 2.23. The number of ether oxygens (including phenoxy) is 3. The van der Waals surface area contributed by atoms with Crippen LogP contribution >= 0.6 is 0 Å². The molecule has 0 aliphatic rings. The molecule has 0 aromatic heterocycles. The number of hydrogen-bond acceptors (Lipinski definition) is 7. The number of anilines is 1. The fourth-order valence-corrected chi connectivity index (χ4v) is 3.33. The number of sulfone groups is 1. The van der Waals surface area contributed by atoms with Gasteiger partial charge in [-0.05, 0) is 48.5 Å². The van der Waals surface area contributed by atoms with E-state index in [1.807, 2.05) is 0 Å². The summed E-state index contributed by atoms with van der Waals surface area (Å²) in [6.07, 6.45) is 1.10. The number of esters is 1. The lowest BCUT2D eigenvalue weighted by Crippen LogP contribution is -2.17. The van der Waals surface area contributed by atoms with Crippen LogP contribution in [0.3, 0.4) is 0 Å². The molecule has 0 fully saturated rings. The molecule has 7 nitrogen and oxygen atoms in total. The molecule has 0 radical (unpaired) electrons. The minimum Gasteiger partial charge on any atom is -0.497 e. The largest absolute Gasteiger partial charge is 0.497 e. The van der Waals surface area contributed by atoms with Gasteiger partial charge in [0.05, 0.1) is 26.2 Å². The van der Waals surface area contributed by atoms with Crippen molar-refractivity contribution < 1.29 is 27.4 Å². The Morgan fingerprint density at radius 2 is 1.38 bits per heavy atom. The predicted octanol–water partition coefficient (Wildman–Crippen LogP) is 2.60. The van der Waals surface area contributed by atoms with E-state index in [0.717, 1.165) is 13.3 Å². The van der Waals surface area contributed by atoms with E-state index in [9.17, 15) is 13.2 Å². The smallest absolute Gasteiger partial charge is 0.351 e. The van der Waals surface area contributed by atoms with Crippen molar-refractivity contribution in [1.82, 2.24) is 0 Å². The van der Waals surface area contributed by atoms with E-state index < -0.39 is 20.7 Å². The van der Waals surface area contributed by atoms with E-state index >= 15 is 0 Å². The zero-order chi connectivity index (χ0) is 19.2. The summed E-state index contributed by atoms with van der Waals surface area (Å²) in [5, 5.41) is 2.79. The zero-order valence-electron chi connectivity index (χ0n) is 14.6. The number of carbonyl (C=O) groups excluding carboxylic acids is 1. The van der Waals surface area contributed by atoms with Gasteiger partial charge in [0.15, 0.2) is 4.91 Å². The summed E-state index contributed by atoms with van der Waals surface area (Å²) in [6, 6.07) is 12.5. The number of methoxy groups -OCH3 is 3. The van der Waals surface area contributed by atoms with Crippen molar-refractivity contribution in [2.24, 2.45) is 0 Å². The third-order valence-electron chi connectivity index (χ3n) is 3.51. The SMILES string of the molecule is COC(=O)C(=CNc1ccc(OC)cc1)S(=O)(=O)c1ccc(OC)cc1. The van der Waals surface area contributed by atoms with Gasteiger partial charge in [-0.1, -0.05) is 0 Å².